The second kappa shape index (κ2) is 16.4. The Kier molecular flexibility index (Phi) is 10.0. The van der Waals surface area contributed by atoms with Crippen LogP contribution in [0.2, 0.25) is 0 Å². The topological polar surface area (TPSA) is 36.9 Å². The smallest absolute Gasteiger partial charge is 0.0579 e. The fraction of sp³-hybridized carbons (Fsp3) is 0.156. The van der Waals surface area contributed by atoms with Crippen molar-refractivity contribution < 1.29 is 24.1 Å². The Hall–Kier alpha value is -7.33. The van der Waals surface area contributed by atoms with Gasteiger partial charge in [0, 0.05) is 11.8 Å². The third-order valence-electron chi connectivity index (χ3n) is 15.1. The molecule has 1 atom stereocenters. The average molecular weight is 1090 g/mol. The first kappa shape index (κ1) is 42.7. The molecular formula is C64H50N4OPt-2. The minimum Gasteiger partial charge on any atom is -0.0579 e. The summed E-state index contributed by atoms with van der Waals surface area (Å²) in [6.07, 6.45) is 6.40. The van der Waals surface area contributed by atoms with E-state index in [1.54, 1.807) is 0 Å². The Morgan fingerprint density at radius 2 is 1.27 bits per heavy atom. The summed E-state index contributed by atoms with van der Waals surface area (Å²) in [5, 5.41) is 2.23. The van der Waals surface area contributed by atoms with Crippen LogP contribution < -0.4 is 4.74 Å². The molecule has 70 heavy (non-hydrogen) atoms. The van der Waals surface area contributed by atoms with Crippen LogP contribution in [0.4, 0.5) is 0 Å². The van der Waals surface area contributed by atoms with Crippen LogP contribution in [0, 0.1) is 22.9 Å². The van der Waals surface area contributed by atoms with Crippen LogP contribution in [0.1, 0.15) is 67.0 Å². The van der Waals surface area contributed by atoms with Gasteiger partial charge in [0.1, 0.15) is 0 Å². The molecule has 11 aromatic rings. The Morgan fingerprint density at radius 1 is 0.586 bits per heavy atom. The van der Waals surface area contributed by atoms with Gasteiger partial charge in [0.05, 0.1) is 0 Å². The molecule has 0 amide bonds. The van der Waals surface area contributed by atoms with Gasteiger partial charge in [0.25, 0.3) is 0 Å². The monoisotopic (exact) mass is 1090 g/mol. The minimum absolute atomic E-state index is 0.0496. The van der Waals surface area contributed by atoms with Crippen molar-refractivity contribution in [2.24, 2.45) is 0 Å². The Balaban J connectivity index is 0.914. The summed E-state index contributed by atoms with van der Waals surface area (Å²) < 4.78 is 14.9. The Morgan fingerprint density at radius 3 is 2.06 bits per heavy atom. The molecule has 1 spiro atoms. The molecule has 3 aromatic heterocycles. The number of rotatable bonds is 7. The zero-order valence-corrected chi connectivity index (χ0v) is 41.9. The second-order valence-corrected chi connectivity index (χ2v) is 21.1. The van der Waals surface area contributed by atoms with Crippen molar-refractivity contribution in [1.29, 1.82) is 0 Å². The molecule has 2 aliphatic rings. The van der Waals surface area contributed by atoms with Gasteiger partial charge in [-0.1, -0.05) is 57.2 Å². The quantitative estimate of drug-likeness (QED) is 0.149. The zero-order chi connectivity index (χ0) is 47.3. The van der Waals surface area contributed by atoms with Crippen molar-refractivity contribution in [1.82, 2.24) is 18.7 Å². The van der Waals surface area contributed by atoms with E-state index < -0.39 is 0 Å². The van der Waals surface area contributed by atoms with Gasteiger partial charge in [-0.05, 0) is 29.0 Å². The first-order valence-electron chi connectivity index (χ1n) is 24.4. The molecule has 13 rings (SSSR count). The van der Waals surface area contributed by atoms with Gasteiger partial charge in [-0.25, -0.2) is 0 Å². The number of para-hydroxylation sites is 3. The standard InChI is InChI=1S/C64H50N4O.Pt/c1-42-37-60(65-40-54(42)44-25-28-47(29-26-44)63(2,3)4)68-56-22-11-9-20-52(56)53-32-30-50(39-59(53)68)69-49-19-14-18-48(38-49)66-41-67(58-24-13-12-23-57(58)66)62-51(43-15-6-5-7-16-43)31-27-46-34-36-64(61(46)62)35-33-45-17-8-10-21-55(45)64;/h5-32,37,40H,33-36H2,1-4H3;/q-2;. The molecule has 344 valence electrons. The third-order valence-corrected chi connectivity index (χ3v) is 16.1. The van der Waals surface area contributed by atoms with Gasteiger partial charge in [-0.2, -0.15) is 0 Å². The van der Waals surface area contributed by atoms with Gasteiger partial charge >= 0.3 is 324 Å². The third kappa shape index (κ3) is 6.77. The number of aryl methyl sites for hydroxylation is 3. The molecule has 8 aromatic carbocycles. The average Bonchev–Trinajstić information content (AvgIpc) is 4.13. The number of pyridine rings is 1. The normalized spacial score (nSPS) is 15.3. The molecule has 5 nitrogen and oxygen atoms in total. The summed E-state index contributed by atoms with van der Waals surface area (Å²) in [5.74, 6) is 2.05. The van der Waals surface area contributed by atoms with Crippen LogP contribution >= 0.6 is 0 Å². The van der Waals surface area contributed by atoms with Crippen LogP contribution in [0.5, 0.6) is 11.5 Å². The number of nitrogens with zero attached hydrogens (tertiary/aromatic N) is 4. The molecule has 0 aliphatic heterocycles. The summed E-state index contributed by atoms with van der Waals surface area (Å²) in [4.78, 5) is 5.11. The van der Waals surface area contributed by atoms with Gasteiger partial charge in [0.2, 0.25) is 0 Å². The van der Waals surface area contributed by atoms with Crippen molar-refractivity contribution in [3.8, 4) is 50.9 Å². The number of imidazole rings is 1. The van der Waals surface area contributed by atoms with E-state index >= 15 is 0 Å². The molecule has 0 saturated carbocycles. The van der Waals surface area contributed by atoms with E-state index in [9.17, 15) is 0 Å². The fourth-order valence-corrected chi connectivity index (χ4v) is 12.8. The molecule has 0 N–H and O–H groups in total. The number of ether oxygens (including phenoxy) is 1. The summed E-state index contributed by atoms with van der Waals surface area (Å²) in [7, 11) is 0. The molecule has 6 heteroatoms. The number of hydrogen-bond acceptors (Lipinski definition) is 2. The zero-order valence-electron chi connectivity index (χ0n) is 39.7. The summed E-state index contributed by atoms with van der Waals surface area (Å²) in [5.41, 5.74) is 19.6. The molecule has 2 aliphatic carbocycles. The van der Waals surface area contributed by atoms with E-state index in [1.807, 2.05) is 18.3 Å². The van der Waals surface area contributed by atoms with Crippen LogP contribution in [0.25, 0.3) is 72.3 Å². The predicted molar refractivity (Wildman–Crippen MR) is 280 cm³/mol. The maximum absolute atomic E-state index is 6.78. The van der Waals surface area contributed by atoms with Crippen LogP contribution in [-0.2, 0) is 43.0 Å². The summed E-state index contributed by atoms with van der Waals surface area (Å²) >= 11 is 2.55. The molecule has 0 bridgehead atoms. The van der Waals surface area contributed by atoms with Crippen LogP contribution in [-0.4, -0.2) is 18.7 Å². The van der Waals surface area contributed by atoms with Crippen molar-refractivity contribution in [3.63, 3.8) is 0 Å². The van der Waals surface area contributed by atoms with Crippen molar-refractivity contribution in [3.05, 3.63) is 231 Å². The molecule has 0 radical (unpaired) electrons. The fourth-order valence-electron chi connectivity index (χ4n) is 11.7. The second-order valence-electron chi connectivity index (χ2n) is 20.1. The number of aromatic nitrogens is 4. The minimum atomic E-state index is -0.0496. The van der Waals surface area contributed by atoms with E-state index in [4.69, 9.17) is 9.72 Å². The number of hydrogen-bond donors (Lipinski definition) is 0. The van der Waals surface area contributed by atoms with Gasteiger partial charge in [0.15, 0.2) is 0 Å². The van der Waals surface area contributed by atoms with Gasteiger partial charge in [-0.15, -0.1) is 0 Å². The number of benzene rings is 8. The first-order valence-corrected chi connectivity index (χ1v) is 25.5. The van der Waals surface area contributed by atoms with Crippen molar-refractivity contribution in [2.45, 2.75) is 64.2 Å². The van der Waals surface area contributed by atoms with Crippen LogP contribution in [0.15, 0.2) is 182 Å². The van der Waals surface area contributed by atoms with E-state index in [0.29, 0.717) is 11.5 Å². The Labute approximate surface area is 419 Å². The van der Waals surface area contributed by atoms with Gasteiger partial charge < -0.3 is 0 Å². The van der Waals surface area contributed by atoms with Crippen LogP contribution in [0.3, 0.4) is 0 Å². The van der Waals surface area contributed by atoms with E-state index in [0.717, 1.165) is 90.5 Å². The summed E-state index contributed by atoms with van der Waals surface area (Å²) in [6, 6.07) is 71.0. The van der Waals surface area contributed by atoms with E-state index in [-0.39, 0.29) is 10.8 Å². The SMILES string of the molecule is Cc1cc(-n2c3[c-]c(Oc4[c-]c(-n5[c](=[Pt])n(-c6c(-c7ccccc7)ccc7c6C6(CCc8ccccc86)CC7)c6ccccc65)ccc4)ccc3c3ccccc32)ncc1-c1ccc(C(C)(C)C)cc1. The molecule has 3 heterocycles. The predicted octanol–water partition coefficient (Wildman–Crippen LogP) is 15.5. The maximum atomic E-state index is 6.78. The van der Waals surface area contributed by atoms with E-state index in [2.05, 4.69) is 237 Å². The molecule has 1 unspecified atom stereocenters. The first-order chi connectivity index (χ1) is 34.1. The molecular weight excluding hydrogens is 1040 g/mol. The Bertz CT molecular complexity index is 3940. The van der Waals surface area contributed by atoms with E-state index in [1.165, 1.54) is 44.6 Å². The van der Waals surface area contributed by atoms with Gasteiger partial charge in [-0.3, -0.25) is 0 Å². The van der Waals surface area contributed by atoms with Crippen molar-refractivity contribution in [2.75, 3.05) is 0 Å². The summed E-state index contributed by atoms with van der Waals surface area (Å²) in [6.45, 7) is 8.92. The number of fused-ring (bicyclic) bond motifs is 8. The van der Waals surface area contributed by atoms with Crippen molar-refractivity contribution >= 4 is 32.8 Å². The molecule has 0 saturated heterocycles. The molecule has 0 fully saturated rings.